The SMILES string of the molecule is COCCNC(=O)c1csc(-c2cccc(OCc3ccccc3Cl)c2)n1. The monoisotopic (exact) mass is 402 g/mol. The first-order valence-electron chi connectivity index (χ1n) is 8.36. The smallest absolute Gasteiger partial charge is 0.270 e. The number of benzene rings is 2. The molecule has 2 aromatic carbocycles. The first-order valence-corrected chi connectivity index (χ1v) is 9.62. The predicted octanol–water partition coefficient (Wildman–Crippen LogP) is 4.42. The van der Waals surface area contributed by atoms with Crippen molar-refractivity contribution in [2.45, 2.75) is 6.61 Å². The van der Waals surface area contributed by atoms with E-state index in [1.807, 2.05) is 48.5 Å². The van der Waals surface area contributed by atoms with Crippen molar-refractivity contribution in [3.05, 3.63) is 70.2 Å². The van der Waals surface area contributed by atoms with Gasteiger partial charge in [-0.15, -0.1) is 11.3 Å². The average Bonchev–Trinajstić information content (AvgIpc) is 3.18. The second-order valence-corrected chi connectivity index (χ2v) is 6.96. The topological polar surface area (TPSA) is 60.5 Å². The number of nitrogens with zero attached hydrogens (tertiary/aromatic N) is 1. The number of rotatable bonds is 8. The first kappa shape index (κ1) is 19.4. The summed E-state index contributed by atoms with van der Waals surface area (Å²) in [6, 6.07) is 15.2. The Morgan fingerprint density at radius 3 is 2.89 bits per heavy atom. The molecule has 1 amide bonds. The van der Waals surface area contributed by atoms with Crippen LogP contribution < -0.4 is 10.1 Å². The van der Waals surface area contributed by atoms with Gasteiger partial charge in [0.2, 0.25) is 0 Å². The van der Waals surface area contributed by atoms with Crippen LogP contribution in [0.15, 0.2) is 53.9 Å². The molecule has 0 aliphatic rings. The predicted molar refractivity (Wildman–Crippen MR) is 108 cm³/mol. The van der Waals surface area contributed by atoms with Gasteiger partial charge in [0, 0.05) is 35.2 Å². The summed E-state index contributed by atoms with van der Waals surface area (Å²) in [5, 5.41) is 5.95. The summed E-state index contributed by atoms with van der Waals surface area (Å²) in [4.78, 5) is 16.5. The van der Waals surface area contributed by atoms with Gasteiger partial charge in [-0.1, -0.05) is 41.9 Å². The summed E-state index contributed by atoms with van der Waals surface area (Å²) in [5.41, 5.74) is 2.22. The number of methoxy groups -OCH3 is 1. The highest BCUT2D eigenvalue weighted by Gasteiger charge is 2.12. The van der Waals surface area contributed by atoms with E-state index in [0.29, 0.717) is 36.2 Å². The Kier molecular flexibility index (Phi) is 6.81. The van der Waals surface area contributed by atoms with E-state index in [0.717, 1.165) is 16.1 Å². The van der Waals surface area contributed by atoms with Crippen LogP contribution in [-0.2, 0) is 11.3 Å². The van der Waals surface area contributed by atoms with Gasteiger partial charge < -0.3 is 14.8 Å². The molecule has 0 unspecified atom stereocenters. The zero-order valence-corrected chi connectivity index (χ0v) is 16.3. The molecule has 3 aromatic rings. The number of hydrogen-bond acceptors (Lipinski definition) is 5. The summed E-state index contributed by atoms with van der Waals surface area (Å²) in [5.74, 6) is 0.509. The lowest BCUT2D eigenvalue weighted by Crippen LogP contribution is -2.27. The molecular formula is C20H19ClN2O3S. The number of thiazole rings is 1. The molecule has 0 aliphatic heterocycles. The lowest BCUT2D eigenvalue weighted by atomic mass is 10.2. The van der Waals surface area contributed by atoms with Crippen LogP contribution in [0.4, 0.5) is 0 Å². The number of nitrogens with one attached hydrogen (secondary N) is 1. The summed E-state index contributed by atoms with van der Waals surface area (Å²) >= 11 is 7.58. The third-order valence-corrected chi connectivity index (χ3v) is 5.02. The van der Waals surface area contributed by atoms with Crippen molar-refractivity contribution in [1.82, 2.24) is 10.3 Å². The number of halogens is 1. The van der Waals surface area contributed by atoms with Gasteiger partial charge in [-0.2, -0.15) is 0 Å². The normalized spacial score (nSPS) is 10.6. The molecule has 0 radical (unpaired) electrons. The molecule has 27 heavy (non-hydrogen) atoms. The van der Waals surface area contributed by atoms with Gasteiger partial charge >= 0.3 is 0 Å². The summed E-state index contributed by atoms with van der Waals surface area (Å²) < 4.78 is 10.8. The van der Waals surface area contributed by atoms with Crippen LogP contribution in [0.25, 0.3) is 10.6 Å². The maximum atomic E-state index is 12.1. The minimum atomic E-state index is -0.208. The highest BCUT2D eigenvalue weighted by molar-refractivity contribution is 7.13. The van der Waals surface area contributed by atoms with Crippen LogP contribution >= 0.6 is 22.9 Å². The molecule has 0 bridgehead atoms. The van der Waals surface area contributed by atoms with Crippen molar-refractivity contribution < 1.29 is 14.3 Å². The van der Waals surface area contributed by atoms with E-state index in [1.54, 1.807) is 12.5 Å². The molecule has 0 saturated heterocycles. The van der Waals surface area contributed by atoms with E-state index in [9.17, 15) is 4.79 Å². The minimum Gasteiger partial charge on any atom is -0.489 e. The Morgan fingerprint density at radius 2 is 2.07 bits per heavy atom. The van der Waals surface area contributed by atoms with Gasteiger partial charge in [-0.3, -0.25) is 4.79 Å². The standard InChI is InChI=1S/C20H19ClN2O3S/c1-25-10-9-22-19(24)18-13-27-20(23-18)14-6-4-7-16(11-14)26-12-15-5-2-3-8-17(15)21/h2-8,11,13H,9-10,12H2,1H3,(H,22,24). The third kappa shape index (κ3) is 5.29. The van der Waals surface area contributed by atoms with E-state index in [4.69, 9.17) is 21.1 Å². The largest absolute Gasteiger partial charge is 0.489 e. The van der Waals surface area contributed by atoms with Crippen LogP contribution in [0.5, 0.6) is 5.75 Å². The Hall–Kier alpha value is -2.41. The molecular weight excluding hydrogens is 384 g/mol. The van der Waals surface area contributed by atoms with Crippen LogP contribution in [0.2, 0.25) is 5.02 Å². The first-order chi connectivity index (χ1) is 13.2. The van der Waals surface area contributed by atoms with Crippen LogP contribution in [0, 0.1) is 0 Å². The molecule has 1 aromatic heterocycles. The summed E-state index contributed by atoms with van der Waals surface area (Å²) in [7, 11) is 1.59. The van der Waals surface area contributed by atoms with Crippen molar-refractivity contribution >= 4 is 28.8 Å². The fourth-order valence-corrected chi connectivity index (χ4v) is 3.35. The molecule has 5 nitrogen and oxygen atoms in total. The number of hydrogen-bond donors (Lipinski definition) is 1. The second kappa shape index (κ2) is 9.50. The molecule has 0 atom stereocenters. The van der Waals surface area contributed by atoms with E-state index in [-0.39, 0.29) is 5.91 Å². The molecule has 0 spiro atoms. The van der Waals surface area contributed by atoms with Gasteiger partial charge in [0.1, 0.15) is 23.1 Å². The van der Waals surface area contributed by atoms with Crippen molar-refractivity contribution in [3.8, 4) is 16.3 Å². The van der Waals surface area contributed by atoms with Crippen molar-refractivity contribution in [3.63, 3.8) is 0 Å². The Labute approximate surface area is 166 Å². The van der Waals surface area contributed by atoms with E-state index >= 15 is 0 Å². The Morgan fingerprint density at radius 1 is 1.22 bits per heavy atom. The fraction of sp³-hybridized carbons (Fsp3) is 0.200. The van der Waals surface area contributed by atoms with Crippen molar-refractivity contribution in [1.29, 1.82) is 0 Å². The molecule has 3 rings (SSSR count). The lowest BCUT2D eigenvalue weighted by molar-refractivity contribution is 0.0933. The number of aromatic nitrogens is 1. The van der Waals surface area contributed by atoms with Gasteiger partial charge in [0.15, 0.2) is 0 Å². The summed E-state index contributed by atoms with van der Waals surface area (Å²) in [6.07, 6.45) is 0. The van der Waals surface area contributed by atoms with Crippen molar-refractivity contribution in [2.24, 2.45) is 0 Å². The molecule has 0 fully saturated rings. The second-order valence-electron chi connectivity index (χ2n) is 5.69. The van der Waals surface area contributed by atoms with E-state index < -0.39 is 0 Å². The molecule has 140 valence electrons. The highest BCUT2D eigenvalue weighted by atomic mass is 35.5. The van der Waals surface area contributed by atoms with Crippen LogP contribution in [-0.4, -0.2) is 31.2 Å². The molecule has 1 heterocycles. The molecule has 7 heteroatoms. The van der Waals surface area contributed by atoms with Crippen LogP contribution in [0.3, 0.4) is 0 Å². The highest BCUT2D eigenvalue weighted by Crippen LogP contribution is 2.27. The van der Waals surface area contributed by atoms with E-state index in [2.05, 4.69) is 10.3 Å². The molecule has 0 saturated carbocycles. The van der Waals surface area contributed by atoms with E-state index in [1.165, 1.54) is 11.3 Å². The van der Waals surface area contributed by atoms with Crippen molar-refractivity contribution in [2.75, 3.05) is 20.3 Å². The number of carbonyl (C=O) groups is 1. The Bertz CT molecular complexity index is 914. The molecule has 0 aliphatic carbocycles. The number of amides is 1. The van der Waals surface area contributed by atoms with Gasteiger partial charge in [-0.05, 0) is 18.2 Å². The number of ether oxygens (including phenoxy) is 2. The van der Waals surface area contributed by atoms with Crippen LogP contribution in [0.1, 0.15) is 16.1 Å². The zero-order valence-electron chi connectivity index (χ0n) is 14.8. The maximum Gasteiger partial charge on any atom is 0.270 e. The fourth-order valence-electron chi connectivity index (χ4n) is 2.36. The lowest BCUT2D eigenvalue weighted by Gasteiger charge is -2.08. The number of carbonyl (C=O) groups excluding carboxylic acids is 1. The third-order valence-electron chi connectivity index (χ3n) is 3.76. The Balaban J connectivity index is 1.67. The maximum absolute atomic E-state index is 12.1. The zero-order chi connectivity index (χ0) is 19.1. The van der Waals surface area contributed by atoms with Gasteiger partial charge in [0.25, 0.3) is 5.91 Å². The van der Waals surface area contributed by atoms with Gasteiger partial charge in [-0.25, -0.2) is 4.98 Å². The minimum absolute atomic E-state index is 0.208. The quantitative estimate of drug-likeness (QED) is 0.566. The average molecular weight is 403 g/mol. The molecule has 1 N–H and O–H groups in total. The summed E-state index contributed by atoms with van der Waals surface area (Å²) in [6.45, 7) is 1.30. The van der Waals surface area contributed by atoms with Gasteiger partial charge in [0.05, 0.1) is 6.61 Å².